The Morgan fingerprint density at radius 1 is 1.11 bits per heavy atom. The van der Waals surface area contributed by atoms with E-state index in [9.17, 15) is 23.4 Å². The average molecular weight is 501 g/mol. The van der Waals surface area contributed by atoms with Crippen molar-refractivity contribution in [1.29, 1.82) is 0 Å². The smallest absolute Gasteiger partial charge is 0.335 e. The van der Waals surface area contributed by atoms with Gasteiger partial charge in [-0.25, -0.2) is 13.2 Å². The molecule has 0 radical (unpaired) electrons. The van der Waals surface area contributed by atoms with Crippen molar-refractivity contribution in [3.05, 3.63) is 71.3 Å². The maximum atomic E-state index is 11.9. The Labute approximate surface area is 203 Å². The fraction of sp³-hybridized carbons (Fsp3) is 0.240. The van der Waals surface area contributed by atoms with Crippen LogP contribution in [-0.4, -0.2) is 55.7 Å². The van der Waals surface area contributed by atoms with E-state index in [2.05, 4.69) is 5.32 Å². The van der Waals surface area contributed by atoms with Gasteiger partial charge in [-0.05, 0) is 53.9 Å². The Hall–Kier alpha value is -3.60. The molecule has 0 aliphatic rings. The van der Waals surface area contributed by atoms with E-state index in [0.29, 0.717) is 18.9 Å². The van der Waals surface area contributed by atoms with Gasteiger partial charge >= 0.3 is 5.97 Å². The van der Waals surface area contributed by atoms with Gasteiger partial charge in [-0.15, -0.1) is 0 Å². The molecule has 0 aliphatic carbocycles. The van der Waals surface area contributed by atoms with E-state index in [-0.39, 0.29) is 23.4 Å². The number of anilines is 1. The first-order valence-electron chi connectivity index (χ1n) is 10.8. The van der Waals surface area contributed by atoms with Crippen LogP contribution in [0.2, 0.25) is 0 Å². The van der Waals surface area contributed by atoms with Gasteiger partial charge in [-0.1, -0.05) is 24.3 Å². The summed E-state index contributed by atoms with van der Waals surface area (Å²) in [6, 6.07) is 15.0. The van der Waals surface area contributed by atoms with E-state index in [1.54, 1.807) is 18.2 Å². The number of benzene rings is 3. The second-order valence-electron chi connectivity index (χ2n) is 8.12. The van der Waals surface area contributed by atoms with Crippen LogP contribution in [0.25, 0.3) is 11.1 Å². The van der Waals surface area contributed by atoms with Gasteiger partial charge < -0.3 is 31.1 Å². The molecule has 1 unspecified atom stereocenters. The number of aromatic hydroxyl groups is 1. The lowest BCUT2D eigenvalue weighted by atomic mass is 9.98. The number of hydrogen-bond donors (Lipinski definition) is 5. The number of hydrogen-bond acceptors (Lipinski definition) is 8. The fourth-order valence-corrected chi connectivity index (χ4v) is 4.69. The van der Waals surface area contributed by atoms with Crippen molar-refractivity contribution in [1.82, 2.24) is 5.32 Å². The molecule has 3 rings (SSSR count). The van der Waals surface area contributed by atoms with E-state index in [4.69, 9.17) is 15.6 Å². The van der Waals surface area contributed by atoms with E-state index < -0.39 is 32.6 Å². The van der Waals surface area contributed by atoms with Crippen LogP contribution in [0.4, 0.5) is 5.69 Å². The monoisotopic (exact) mass is 500 g/mol. The van der Waals surface area contributed by atoms with Gasteiger partial charge in [0.25, 0.3) is 0 Å². The molecule has 35 heavy (non-hydrogen) atoms. The maximum absolute atomic E-state index is 11.9. The van der Waals surface area contributed by atoms with E-state index in [1.165, 1.54) is 12.1 Å². The van der Waals surface area contributed by atoms with Gasteiger partial charge in [0, 0.05) is 24.9 Å². The number of sulfone groups is 1. The van der Waals surface area contributed by atoms with E-state index in [0.717, 1.165) is 22.9 Å². The Kier molecular flexibility index (Phi) is 8.00. The highest BCUT2D eigenvalue weighted by atomic mass is 32.2. The number of carboxylic acid groups (broad SMARTS) is 1. The standard InChI is InChI=1S/C25H28N2O7S/c1-15-13-17(25(30)31)5-8-19(15)16-3-6-18(7-4-16)34-12-11-27-14-22(29)20-9-10-21(28)24(23(20)26)35(2,32)33/h3-10,13,22,27-29H,11-12,14,26H2,1-2H3,(H,30,31). The van der Waals surface area contributed by atoms with Gasteiger partial charge in [0.05, 0.1) is 17.4 Å². The lowest BCUT2D eigenvalue weighted by Crippen LogP contribution is -2.26. The molecule has 6 N–H and O–H groups in total. The van der Waals surface area contributed by atoms with Crippen LogP contribution in [0.3, 0.4) is 0 Å². The lowest BCUT2D eigenvalue weighted by molar-refractivity contribution is 0.0696. The normalized spacial score (nSPS) is 12.3. The minimum absolute atomic E-state index is 0.103. The number of nitrogens with two attached hydrogens (primary N) is 1. The molecule has 0 heterocycles. The lowest BCUT2D eigenvalue weighted by Gasteiger charge is -2.17. The molecule has 10 heteroatoms. The molecular weight excluding hydrogens is 472 g/mol. The number of ether oxygens (including phenoxy) is 1. The molecule has 186 valence electrons. The molecule has 9 nitrogen and oxygen atoms in total. The largest absolute Gasteiger partial charge is 0.507 e. The summed E-state index contributed by atoms with van der Waals surface area (Å²) in [5.41, 5.74) is 8.89. The van der Waals surface area contributed by atoms with Crippen LogP contribution in [0.1, 0.15) is 27.6 Å². The van der Waals surface area contributed by atoms with Gasteiger partial charge in [0.15, 0.2) is 9.84 Å². The SMILES string of the molecule is Cc1cc(C(=O)O)ccc1-c1ccc(OCCNCC(O)c2ccc(O)c(S(C)(=O)=O)c2N)cc1. The van der Waals surface area contributed by atoms with Crippen LogP contribution in [0, 0.1) is 6.92 Å². The van der Waals surface area contributed by atoms with Crippen LogP contribution in [-0.2, 0) is 9.84 Å². The van der Waals surface area contributed by atoms with Crippen molar-refractivity contribution in [2.75, 3.05) is 31.7 Å². The number of carboxylic acids is 1. The van der Waals surface area contributed by atoms with Crippen molar-refractivity contribution < 1.29 is 33.3 Å². The number of rotatable bonds is 10. The number of nitrogen functional groups attached to an aromatic ring is 1. The first-order chi connectivity index (χ1) is 16.5. The number of phenolic OH excluding ortho intramolecular Hbond substituents is 1. The number of phenols is 1. The average Bonchev–Trinajstić information content (AvgIpc) is 2.78. The van der Waals surface area contributed by atoms with Gasteiger partial charge in [-0.3, -0.25) is 0 Å². The second kappa shape index (κ2) is 10.8. The van der Waals surface area contributed by atoms with Crippen LogP contribution < -0.4 is 15.8 Å². The number of aliphatic hydroxyl groups is 1. The number of aliphatic hydroxyl groups excluding tert-OH is 1. The number of nitrogens with one attached hydrogen (secondary N) is 1. The molecule has 0 saturated carbocycles. The zero-order chi connectivity index (χ0) is 25.8. The van der Waals surface area contributed by atoms with Gasteiger partial charge in [0.2, 0.25) is 0 Å². The Bertz CT molecular complexity index is 1320. The first kappa shape index (κ1) is 26.0. The number of aryl methyl sites for hydroxylation is 1. The summed E-state index contributed by atoms with van der Waals surface area (Å²) >= 11 is 0. The Morgan fingerprint density at radius 3 is 2.40 bits per heavy atom. The second-order valence-corrected chi connectivity index (χ2v) is 10.1. The summed E-state index contributed by atoms with van der Waals surface area (Å²) in [5, 5.41) is 32.4. The first-order valence-corrected chi connectivity index (χ1v) is 12.7. The summed E-state index contributed by atoms with van der Waals surface area (Å²) in [6.07, 6.45) is -0.140. The van der Waals surface area contributed by atoms with Crippen molar-refractivity contribution in [2.24, 2.45) is 0 Å². The third-order valence-corrected chi connectivity index (χ3v) is 6.63. The minimum atomic E-state index is -3.76. The predicted octanol–water partition coefficient (Wildman–Crippen LogP) is 2.75. The van der Waals surface area contributed by atoms with Crippen molar-refractivity contribution >= 4 is 21.5 Å². The molecule has 0 amide bonds. The molecule has 3 aromatic rings. The third kappa shape index (κ3) is 6.30. The van der Waals surface area contributed by atoms with Gasteiger partial charge in [0.1, 0.15) is 23.0 Å². The predicted molar refractivity (Wildman–Crippen MR) is 133 cm³/mol. The van der Waals surface area contributed by atoms with Crippen LogP contribution in [0.5, 0.6) is 11.5 Å². The van der Waals surface area contributed by atoms with Gasteiger partial charge in [-0.2, -0.15) is 0 Å². The molecule has 1 atom stereocenters. The fourth-order valence-electron chi connectivity index (χ4n) is 3.72. The zero-order valence-corrected chi connectivity index (χ0v) is 20.2. The Balaban J connectivity index is 1.52. The molecule has 0 fully saturated rings. The quantitative estimate of drug-likeness (QED) is 0.208. The summed E-state index contributed by atoms with van der Waals surface area (Å²) in [5.74, 6) is -0.771. The molecule has 0 aliphatic heterocycles. The molecule has 0 bridgehead atoms. The maximum Gasteiger partial charge on any atom is 0.335 e. The van der Waals surface area contributed by atoms with E-state index >= 15 is 0 Å². The molecular formula is C25H28N2O7S. The molecule has 3 aromatic carbocycles. The number of aromatic carboxylic acids is 1. The molecule has 0 saturated heterocycles. The Morgan fingerprint density at radius 2 is 1.80 bits per heavy atom. The summed E-state index contributed by atoms with van der Waals surface area (Å²) < 4.78 is 29.4. The van der Waals surface area contributed by atoms with Crippen molar-refractivity contribution in [3.63, 3.8) is 0 Å². The molecule has 0 spiro atoms. The highest BCUT2D eigenvalue weighted by Gasteiger charge is 2.22. The van der Waals surface area contributed by atoms with E-state index in [1.807, 2.05) is 31.2 Å². The van der Waals surface area contributed by atoms with Crippen LogP contribution in [0.15, 0.2) is 59.5 Å². The van der Waals surface area contributed by atoms with Crippen molar-refractivity contribution in [2.45, 2.75) is 17.9 Å². The third-order valence-electron chi connectivity index (χ3n) is 5.46. The van der Waals surface area contributed by atoms with Crippen molar-refractivity contribution in [3.8, 4) is 22.6 Å². The summed E-state index contributed by atoms with van der Waals surface area (Å²) in [4.78, 5) is 10.7. The highest BCUT2D eigenvalue weighted by Crippen LogP contribution is 2.34. The minimum Gasteiger partial charge on any atom is -0.507 e. The topological polar surface area (TPSA) is 159 Å². The number of carbonyl (C=O) groups is 1. The van der Waals surface area contributed by atoms with Crippen LogP contribution >= 0.6 is 0 Å². The summed E-state index contributed by atoms with van der Waals surface area (Å²) in [7, 11) is -3.76. The summed E-state index contributed by atoms with van der Waals surface area (Å²) in [6.45, 7) is 2.69. The molecule has 0 aromatic heterocycles. The zero-order valence-electron chi connectivity index (χ0n) is 19.4. The highest BCUT2D eigenvalue weighted by molar-refractivity contribution is 7.91.